The molecular weight excluding hydrogens is 474 g/mol. The van der Waals surface area contributed by atoms with E-state index in [0.717, 1.165) is 23.1 Å². The fourth-order valence-corrected chi connectivity index (χ4v) is 4.91. The van der Waals surface area contributed by atoms with Gasteiger partial charge in [0.05, 0.1) is 11.9 Å². The fraction of sp³-hybridized carbons (Fsp3) is 0.500. The predicted molar refractivity (Wildman–Crippen MR) is 146 cm³/mol. The van der Waals surface area contributed by atoms with Gasteiger partial charge in [-0.3, -0.25) is 13.9 Å². The van der Waals surface area contributed by atoms with Crippen molar-refractivity contribution in [2.24, 2.45) is 5.92 Å². The molecule has 0 unspecified atom stereocenters. The molecule has 0 spiro atoms. The van der Waals surface area contributed by atoms with E-state index in [2.05, 4.69) is 5.32 Å². The maximum absolute atomic E-state index is 13.3. The van der Waals surface area contributed by atoms with Crippen LogP contribution < -0.4 is 9.62 Å². The third-order valence-corrected chi connectivity index (χ3v) is 7.27. The first-order valence-corrected chi connectivity index (χ1v) is 14.5. The number of hydrogen-bond acceptors (Lipinski definition) is 4. The minimum atomic E-state index is -3.51. The number of benzene rings is 2. The minimum absolute atomic E-state index is 0.132. The van der Waals surface area contributed by atoms with Crippen LogP contribution in [-0.4, -0.2) is 50.5 Å². The molecular formula is C28H41N3O4S. The van der Waals surface area contributed by atoms with Crippen molar-refractivity contribution in [1.82, 2.24) is 10.2 Å². The Kier molecular flexibility index (Phi) is 11.0. The highest BCUT2D eigenvalue weighted by atomic mass is 32.2. The van der Waals surface area contributed by atoms with E-state index >= 15 is 0 Å². The van der Waals surface area contributed by atoms with E-state index in [1.807, 2.05) is 64.1 Å². The summed E-state index contributed by atoms with van der Waals surface area (Å²) in [5.74, 6) is -0.0765. The molecule has 2 rings (SSSR count). The summed E-state index contributed by atoms with van der Waals surface area (Å²) >= 11 is 0. The largest absolute Gasteiger partial charge is 0.354 e. The van der Waals surface area contributed by atoms with Gasteiger partial charge in [-0.25, -0.2) is 8.42 Å². The van der Waals surface area contributed by atoms with Gasteiger partial charge in [0.1, 0.15) is 6.04 Å². The lowest BCUT2D eigenvalue weighted by molar-refractivity contribution is -0.140. The van der Waals surface area contributed by atoms with Gasteiger partial charge in [-0.1, -0.05) is 62.7 Å². The first-order valence-electron chi connectivity index (χ1n) is 12.6. The van der Waals surface area contributed by atoms with Gasteiger partial charge in [-0.15, -0.1) is 0 Å². The molecule has 0 fully saturated rings. The predicted octanol–water partition coefficient (Wildman–Crippen LogP) is 4.29. The quantitative estimate of drug-likeness (QED) is 0.431. The first-order chi connectivity index (χ1) is 16.9. The lowest BCUT2D eigenvalue weighted by atomic mass is 10.1. The zero-order valence-corrected chi connectivity index (χ0v) is 23.3. The molecule has 2 aromatic rings. The number of anilines is 1. The summed E-state index contributed by atoms with van der Waals surface area (Å²) in [6.07, 6.45) is 2.51. The Morgan fingerprint density at radius 1 is 1.00 bits per heavy atom. The van der Waals surface area contributed by atoms with Gasteiger partial charge in [-0.05, 0) is 55.9 Å². The van der Waals surface area contributed by atoms with Crippen molar-refractivity contribution >= 4 is 27.5 Å². The second-order valence-electron chi connectivity index (χ2n) is 9.78. The van der Waals surface area contributed by atoms with E-state index in [9.17, 15) is 18.0 Å². The van der Waals surface area contributed by atoms with Crippen molar-refractivity contribution in [3.63, 3.8) is 0 Å². The van der Waals surface area contributed by atoms with E-state index < -0.39 is 16.1 Å². The van der Waals surface area contributed by atoms with Crippen LogP contribution in [0.1, 0.15) is 57.2 Å². The number of carbonyl (C=O) groups is 2. The highest BCUT2D eigenvalue weighted by Gasteiger charge is 2.26. The molecule has 0 aromatic heterocycles. The summed E-state index contributed by atoms with van der Waals surface area (Å²) in [6.45, 7) is 10.8. The standard InChI is InChI=1S/C28H41N3O4S/c1-7-24-13-15-26(16-14-24)31(36(6,34)35)17-9-12-27(32)30(20-25-11-8-10-22(4)18-25)23(5)28(33)29-19-21(2)3/h8,10-11,13-16,18,21,23H,7,9,12,17,19-20H2,1-6H3,(H,29,33)/t23-/m1/s1. The average molecular weight is 516 g/mol. The molecule has 8 heteroatoms. The Hall–Kier alpha value is -2.87. The molecule has 198 valence electrons. The Labute approximate surface area is 216 Å². The van der Waals surface area contributed by atoms with Crippen molar-refractivity contribution in [3.05, 3.63) is 65.2 Å². The summed E-state index contributed by atoms with van der Waals surface area (Å²) in [5, 5.41) is 2.92. The number of rotatable bonds is 13. The van der Waals surface area contributed by atoms with Crippen molar-refractivity contribution < 1.29 is 18.0 Å². The van der Waals surface area contributed by atoms with Crippen LogP contribution in [0.2, 0.25) is 0 Å². The Balaban J connectivity index is 2.15. The highest BCUT2D eigenvalue weighted by Crippen LogP contribution is 2.20. The molecule has 0 radical (unpaired) electrons. The maximum Gasteiger partial charge on any atom is 0.242 e. The maximum atomic E-state index is 13.3. The summed E-state index contributed by atoms with van der Waals surface area (Å²) < 4.78 is 26.3. The van der Waals surface area contributed by atoms with Gasteiger partial charge in [0.15, 0.2) is 0 Å². The van der Waals surface area contributed by atoms with Crippen molar-refractivity contribution in [2.45, 2.75) is 66.5 Å². The van der Waals surface area contributed by atoms with Gasteiger partial charge >= 0.3 is 0 Å². The molecule has 1 N–H and O–H groups in total. The lowest BCUT2D eigenvalue weighted by Crippen LogP contribution is -2.48. The molecule has 2 aromatic carbocycles. The average Bonchev–Trinajstić information content (AvgIpc) is 2.82. The third-order valence-electron chi connectivity index (χ3n) is 6.07. The Morgan fingerprint density at radius 2 is 1.67 bits per heavy atom. The summed E-state index contributed by atoms with van der Waals surface area (Å²) in [7, 11) is -3.51. The number of sulfonamides is 1. The number of carbonyl (C=O) groups excluding carboxylic acids is 2. The molecule has 0 heterocycles. The second-order valence-corrected chi connectivity index (χ2v) is 11.7. The molecule has 7 nitrogen and oxygen atoms in total. The second kappa shape index (κ2) is 13.4. The van der Waals surface area contributed by atoms with E-state index in [1.54, 1.807) is 24.0 Å². The number of amides is 2. The highest BCUT2D eigenvalue weighted by molar-refractivity contribution is 7.92. The van der Waals surface area contributed by atoms with Gasteiger partial charge in [0.25, 0.3) is 0 Å². The molecule has 0 saturated heterocycles. The smallest absolute Gasteiger partial charge is 0.242 e. The lowest BCUT2D eigenvalue weighted by Gasteiger charge is -2.30. The van der Waals surface area contributed by atoms with Crippen molar-refractivity contribution in [3.8, 4) is 0 Å². The van der Waals surface area contributed by atoms with Crippen LogP contribution in [0, 0.1) is 12.8 Å². The first kappa shape index (κ1) is 29.4. The summed E-state index contributed by atoms with van der Waals surface area (Å²) in [6, 6.07) is 14.6. The van der Waals surface area contributed by atoms with Gasteiger partial charge in [-0.2, -0.15) is 0 Å². The molecule has 2 amide bonds. The van der Waals surface area contributed by atoms with Crippen LogP contribution >= 0.6 is 0 Å². The van der Waals surface area contributed by atoms with Crippen LogP contribution in [0.25, 0.3) is 0 Å². The normalized spacial score (nSPS) is 12.3. The van der Waals surface area contributed by atoms with E-state index in [1.165, 1.54) is 10.6 Å². The number of aryl methyl sites for hydroxylation is 2. The number of hydrogen-bond donors (Lipinski definition) is 1. The molecule has 0 saturated carbocycles. The topological polar surface area (TPSA) is 86.8 Å². The minimum Gasteiger partial charge on any atom is -0.354 e. The molecule has 0 aliphatic carbocycles. The zero-order valence-electron chi connectivity index (χ0n) is 22.5. The SMILES string of the molecule is CCc1ccc(N(CCCC(=O)N(Cc2cccc(C)c2)[C@H](C)C(=O)NCC(C)C)S(C)(=O)=O)cc1. The van der Waals surface area contributed by atoms with Crippen molar-refractivity contribution in [2.75, 3.05) is 23.7 Å². The Bertz CT molecular complexity index is 1110. The van der Waals surface area contributed by atoms with Crippen molar-refractivity contribution in [1.29, 1.82) is 0 Å². The zero-order chi connectivity index (χ0) is 26.9. The number of nitrogens with zero attached hydrogens (tertiary/aromatic N) is 2. The molecule has 0 aliphatic heterocycles. The van der Waals surface area contributed by atoms with Crippen LogP contribution in [0.5, 0.6) is 0 Å². The monoisotopic (exact) mass is 515 g/mol. The molecule has 0 bridgehead atoms. The Morgan fingerprint density at radius 3 is 2.22 bits per heavy atom. The van der Waals surface area contributed by atoms with Gasteiger partial charge in [0.2, 0.25) is 21.8 Å². The van der Waals surface area contributed by atoms with Crippen LogP contribution in [-0.2, 0) is 32.6 Å². The summed E-state index contributed by atoms with van der Waals surface area (Å²) in [5.41, 5.74) is 3.73. The van der Waals surface area contributed by atoms with Crippen LogP contribution in [0.3, 0.4) is 0 Å². The van der Waals surface area contributed by atoms with Gasteiger partial charge < -0.3 is 10.2 Å². The van der Waals surface area contributed by atoms with E-state index in [4.69, 9.17) is 0 Å². The number of nitrogens with one attached hydrogen (secondary N) is 1. The van der Waals surface area contributed by atoms with Crippen LogP contribution in [0.4, 0.5) is 5.69 Å². The van der Waals surface area contributed by atoms with E-state index in [0.29, 0.717) is 31.1 Å². The van der Waals surface area contributed by atoms with E-state index in [-0.39, 0.29) is 24.8 Å². The third kappa shape index (κ3) is 8.97. The summed E-state index contributed by atoms with van der Waals surface area (Å²) in [4.78, 5) is 27.7. The van der Waals surface area contributed by atoms with Gasteiger partial charge in [0, 0.05) is 26.1 Å². The fourth-order valence-electron chi connectivity index (χ4n) is 3.94. The molecule has 36 heavy (non-hydrogen) atoms. The molecule has 0 aliphatic rings. The van der Waals surface area contributed by atoms with Crippen LogP contribution in [0.15, 0.2) is 48.5 Å². The molecule has 1 atom stereocenters.